The number of carbonyl (C=O) groups is 1. The molecule has 0 saturated carbocycles. The molecule has 0 aliphatic carbocycles. The summed E-state index contributed by atoms with van der Waals surface area (Å²) in [4.78, 5) is 25.4. The molecule has 1 unspecified atom stereocenters. The van der Waals surface area contributed by atoms with Crippen LogP contribution in [0.4, 0.5) is 0 Å². The molecule has 0 N–H and O–H groups in total. The summed E-state index contributed by atoms with van der Waals surface area (Å²) in [7, 11) is 2.16. The average molecular weight is 433 g/mol. The fourth-order valence-corrected chi connectivity index (χ4v) is 6.12. The van der Waals surface area contributed by atoms with E-state index in [9.17, 15) is 4.79 Å². The van der Waals surface area contributed by atoms with Crippen molar-refractivity contribution in [3.8, 4) is 0 Å². The van der Waals surface area contributed by atoms with Gasteiger partial charge in [-0.15, -0.1) is 0 Å². The molecule has 0 radical (unpaired) electrons. The van der Waals surface area contributed by atoms with E-state index >= 15 is 0 Å². The van der Waals surface area contributed by atoms with Gasteiger partial charge in [0, 0.05) is 43.7 Å². The van der Waals surface area contributed by atoms with Gasteiger partial charge in [-0.25, -0.2) is 0 Å². The van der Waals surface area contributed by atoms with Gasteiger partial charge in [0.2, 0.25) is 5.91 Å². The number of rotatable bonds is 3. The predicted octanol–water partition coefficient (Wildman–Crippen LogP) is 3.59. The number of carbonyl (C=O) groups excluding carboxylic acids is 1. The van der Waals surface area contributed by atoms with E-state index in [1.807, 2.05) is 12.3 Å². The molecule has 5 rings (SSSR count). The molecule has 1 aromatic heterocycles. The maximum Gasteiger partial charge on any atom is 0.226 e. The summed E-state index contributed by atoms with van der Waals surface area (Å²) in [6.07, 6.45) is 7.32. The van der Waals surface area contributed by atoms with Crippen molar-refractivity contribution < 1.29 is 4.79 Å². The molecule has 1 atom stereocenters. The number of amides is 1. The third-order valence-electron chi connectivity index (χ3n) is 7.80. The van der Waals surface area contributed by atoms with E-state index in [0.29, 0.717) is 5.91 Å². The highest BCUT2D eigenvalue weighted by Crippen LogP contribution is 2.39. The first-order valence-corrected chi connectivity index (χ1v) is 12.3. The van der Waals surface area contributed by atoms with Gasteiger partial charge in [0.1, 0.15) is 0 Å². The van der Waals surface area contributed by atoms with E-state index in [4.69, 9.17) is 0 Å². The van der Waals surface area contributed by atoms with E-state index in [0.717, 1.165) is 70.8 Å². The summed E-state index contributed by atoms with van der Waals surface area (Å²) in [6.45, 7) is 6.76. The first-order valence-electron chi connectivity index (χ1n) is 12.3. The quantitative estimate of drug-likeness (QED) is 0.743. The molecule has 1 amide bonds. The van der Waals surface area contributed by atoms with Gasteiger partial charge in [-0.2, -0.15) is 0 Å². The van der Waals surface area contributed by atoms with Crippen LogP contribution in [-0.4, -0.2) is 65.4 Å². The Morgan fingerprint density at radius 3 is 2.59 bits per heavy atom. The van der Waals surface area contributed by atoms with E-state index < -0.39 is 0 Å². The number of aromatic nitrogens is 1. The van der Waals surface area contributed by atoms with Gasteiger partial charge in [0.15, 0.2) is 0 Å². The maximum atomic E-state index is 13.7. The summed E-state index contributed by atoms with van der Waals surface area (Å²) < 4.78 is 0. The Kier molecular flexibility index (Phi) is 6.29. The minimum absolute atomic E-state index is 0.126. The highest BCUT2D eigenvalue weighted by molar-refractivity contribution is 5.79. The van der Waals surface area contributed by atoms with Crippen LogP contribution in [0.3, 0.4) is 0 Å². The highest BCUT2D eigenvalue weighted by Gasteiger charge is 2.41. The van der Waals surface area contributed by atoms with Crippen LogP contribution < -0.4 is 0 Å². The monoisotopic (exact) mass is 432 g/mol. The molecule has 0 bridgehead atoms. The zero-order chi connectivity index (χ0) is 22.0. The minimum atomic E-state index is 0.126. The smallest absolute Gasteiger partial charge is 0.226 e. The molecule has 3 aliphatic rings. The zero-order valence-electron chi connectivity index (χ0n) is 19.4. The van der Waals surface area contributed by atoms with Gasteiger partial charge < -0.3 is 9.80 Å². The molecule has 32 heavy (non-hydrogen) atoms. The van der Waals surface area contributed by atoms with Gasteiger partial charge >= 0.3 is 0 Å². The van der Waals surface area contributed by atoms with E-state index in [-0.39, 0.29) is 11.3 Å². The maximum absolute atomic E-state index is 13.7. The lowest BCUT2D eigenvalue weighted by molar-refractivity contribution is -0.140. The van der Waals surface area contributed by atoms with E-state index in [2.05, 4.69) is 63.1 Å². The summed E-state index contributed by atoms with van der Waals surface area (Å²) in [5.41, 5.74) is 4.04. The second kappa shape index (κ2) is 9.32. The number of benzene rings is 1. The Morgan fingerprint density at radius 1 is 1.03 bits per heavy atom. The highest BCUT2D eigenvalue weighted by atomic mass is 16.2. The van der Waals surface area contributed by atoms with Crippen LogP contribution in [0.25, 0.3) is 0 Å². The van der Waals surface area contributed by atoms with Crippen LogP contribution in [-0.2, 0) is 24.3 Å². The van der Waals surface area contributed by atoms with Crippen molar-refractivity contribution in [1.29, 1.82) is 0 Å². The second-order valence-electron chi connectivity index (χ2n) is 10.4. The Bertz CT molecular complexity index is 924. The van der Waals surface area contributed by atoms with Gasteiger partial charge in [-0.3, -0.25) is 14.7 Å². The average Bonchev–Trinajstić information content (AvgIpc) is 2.96. The van der Waals surface area contributed by atoms with Gasteiger partial charge in [0.25, 0.3) is 0 Å². The first kappa shape index (κ1) is 21.6. The Morgan fingerprint density at radius 2 is 1.81 bits per heavy atom. The number of nitrogens with zero attached hydrogens (tertiary/aromatic N) is 4. The molecule has 2 fully saturated rings. The fraction of sp³-hybridized carbons (Fsp3) is 0.556. The van der Waals surface area contributed by atoms with Crippen LogP contribution in [0.2, 0.25) is 0 Å². The lowest BCUT2D eigenvalue weighted by atomic mass is 9.74. The fourth-order valence-electron chi connectivity index (χ4n) is 6.12. The first-order chi connectivity index (χ1) is 15.6. The van der Waals surface area contributed by atoms with Crippen molar-refractivity contribution in [2.24, 2.45) is 11.3 Å². The molecular formula is C27H36N4O. The third-order valence-corrected chi connectivity index (χ3v) is 7.80. The number of piperidine rings is 2. The molecule has 5 nitrogen and oxygen atoms in total. The Hall–Kier alpha value is -2.24. The van der Waals surface area contributed by atoms with Crippen molar-refractivity contribution in [1.82, 2.24) is 19.7 Å². The molecule has 1 spiro atoms. The largest absolute Gasteiger partial charge is 0.338 e. The Balaban J connectivity index is 1.39. The summed E-state index contributed by atoms with van der Waals surface area (Å²) in [5.74, 6) is 0.567. The second-order valence-corrected chi connectivity index (χ2v) is 10.4. The number of hydrogen-bond donors (Lipinski definition) is 0. The van der Waals surface area contributed by atoms with Crippen molar-refractivity contribution in [3.63, 3.8) is 0 Å². The lowest BCUT2D eigenvalue weighted by Gasteiger charge is -2.45. The molecule has 5 heteroatoms. The molecule has 1 aromatic carbocycles. The van der Waals surface area contributed by atoms with Crippen LogP contribution in [0.1, 0.15) is 42.5 Å². The lowest BCUT2D eigenvalue weighted by Crippen LogP contribution is -2.51. The number of fused-ring (bicyclic) bond motifs is 1. The summed E-state index contributed by atoms with van der Waals surface area (Å²) >= 11 is 0. The molecule has 4 heterocycles. The van der Waals surface area contributed by atoms with Crippen LogP contribution in [0.5, 0.6) is 0 Å². The SMILES string of the molecule is CN1CCC(C(=O)N2Cc3ccccc3CC3(CCCN(Cc4ccccn4)C3)C2)CC1. The van der Waals surface area contributed by atoms with Crippen LogP contribution in [0.15, 0.2) is 48.7 Å². The van der Waals surface area contributed by atoms with Crippen LogP contribution in [0, 0.1) is 11.3 Å². The molecule has 170 valence electrons. The van der Waals surface area contributed by atoms with Crippen LogP contribution >= 0.6 is 0 Å². The number of pyridine rings is 1. The molecule has 2 aromatic rings. The summed E-state index contributed by atoms with van der Waals surface area (Å²) in [5, 5.41) is 0. The predicted molar refractivity (Wildman–Crippen MR) is 127 cm³/mol. The van der Waals surface area contributed by atoms with Gasteiger partial charge in [-0.1, -0.05) is 30.3 Å². The van der Waals surface area contributed by atoms with Crippen molar-refractivity contribution in [2.75, 3.05) is 39.8 Å². The summed E-state index contributed by atoms with van der Waals surface area (Å²) in [6, 6.07) is 15.0. The molecular weight excluding hydrogens is 396 g/mol. The van der Waals surface area contributed by atoms with E-state index in [1.54, 1.807) is 0 Å². The third kappa shape index (κ3) is 4.74. The minimum Gasteiger partial charge on any atom is -0.338 e. The van der Waals surface area contributed by atoms with Crippen molar-refractivity contribution >= 4 is 5.91 Å². The molecule has 2 saturated heterocycles. The standard InChI is InChI=1S/C27H36N4O/c1-29-15-10-22(11-16-29)26(32)31-18-24-8-3-2-7-23(24)17-27(21-31)12-6-14-30(20-27)19-25-9-4-5-13-28-25/h2-5,7-9,13,22H,6,10-12,14-21H2,1H3. The van der Waals surface area contributed by atoms with Crippen molar-refractivity contribution in [3.05, 3.63) is 65.5 Å². The normalized spacial score (nSPS) is 25.5. The van der Waals surface area contributed by atoms with E-state index in [1.165, 1.54) is 24.0 Å². The number of hydrogen-bond acceptors (Lipinski definition) is 4. The topological polar surface area (TPSA) is 39.7 Å². The molecule has 3 aliphatic heterocycles. The van der Waals surface area contributed by atoms with Gasteiger partial charge in [0.05, 0.1) is 5.69 Å². The zero-order valence-corrected chi connectivity index (χ0v) is 19.4. The Labute approximate surface area is 192 Å². The van der Waals surface area contributed by atoms with Gasteiger partial charge in [-0.05, 0) is 82.0 Å². The van der Waals surface area contributed by atoms with Crippen molar-refractivity contribution in [2.45, 2.75) is 45.2 Å². The number of likely N-dealkylation sites (tertiary alicyclic amines) is 2.